The van der Waals surface area contributed by atoms with E-state index in [1.807, 2.05) is 0 Å². The Balaban J connectivity index is 0.818. The van der Waals surface area contributed by atoms with Crippen LogP contribution in [0.5, 0.6) is 0 Å². The molecule has 0 aromatic rings. The highest BCUT2D eigenvalue weighted by Gasteiger charge is 2.57. The van der Waals surface area contributed by atoms with Crippen LogP contribution in [0.15, 0.2) is 0 Å². The molecule has 0 aromatic heterocycles. The summed E-state index contributed by atoms with van der Waals surface area (Å²) in [6.07, 6.45) is 50.1. The molecule has 0 spiro atoms. The molecule has 2 heteroatoms. The van der Waals surface area contributed by atoms with E-state index in [2.05, 4.69) is 9.80 Å². The van der Waals surface area contributed by atoms with E-state index >= 15 is 0 Å². The van der Waals surface area contributed by atoms with Crippen LogP contribution in [0, 0.1) is 59.2 Å². The van der Waals surface area contributed by atoms with Crippen molar-refractivity contribution in [3.63, 3.8) is 0 Å². The molecule has 282 valence electrons. The van der Waals surface area contributed by atoms with E-state index in [1.54, 1.807) is 141 Å². The molecule has 0 radical (unpaired) electrons. The fraction of sp³-hybridized carbons (Fsp3) is 1.00. The van der Waals surface area contributed by atoms with Crippen LogP contribution in [0.1, 0.15) is 205 Å². The first kappa shape index (κ1) is 34.4. The summed E-state index contributed by atoms with van der Waals surface area (Å²) in [4.78, 5) is 6.67. The summed E-state index contributed by atoms with van der Waals surface area (Å²) in [5.41, 5.74) is 0. The Bertz CT molecular complexity index is 1090. The van der Waals surface area contributed by atoms with Crippen LogP contribution in [-0.4, -0.2) is 46.1 Å². The first-order chi connectivity index (χ1) is 24.8. The molecular weight excluding hydrogens is 605 g/mol. The molecule has 11 unspecified atom stereocenters. The summed E-state index contributed by atoms with van der Waals surface area (Å²) >= 11 is 0. The third-order valence-electron chi connectivity index (χ3n) is 19.6. The Morgan fingerprint density at radius 2 is 0.620 bits per heavy atom. The van der Waals surface area contributed by atoms with Gasteiger partial charge < -0.3 is 0 Å². The second kappa shape index (κ2) is 15.2. The van der Waals surface area contributed by atoms with Gasteiger partial charge in [-0.3, -0.25) is 9.80 Å². The fourth-order valence-electron chi connectivity index (χ4n) is 17.5. The topological polar surface area (TPSA) is 6.48 Å². The third kappa shape index (κ3) is 6.45. The van der Waals surface area contributed by atoms with Gasteiger partial charge in [-0.25, -0.2) is 0 Å². The Kier molecular flexibility index (Phi) is 10.5. The predicted molar refractivity (Wildman–Crippen MR) is 209 cm³/mol. The van der Waals surface area contributed by atoms with Crippen molar-refractivity contribution in [1.29, 1.82) is 0 Å². The summed E-state index contributed by atoms with van der Waals surface area (Å²) < 4.78 is 0. The Morgan fingerprint density at radius 1 is 0.220 bits per heavy atom. The van der Waals surface area contributed by atoms with Crippen LogP contribution in [0.4, 0.5) is 0 Å². The van der Waals surface area contributed by atoms with Crippen LogP contribution in [0.2, 0.25) is 0 Å². The highest BCUT2D eigenvalue weighted by Crippen LogP contribution is 2.59. The zero-order valence-corrected chi connectivity index (χ0v) is 32.8. The average molecular weight is 685 g/mol. The van der Waals surface area contributed by atoms with E-state index < -0.39 is 0 Å². The van der Waals surface area contributed by atoms with Crippen LogP contribution in [0.3, 0.4) is 0 Å². The number of likely N-dealkylation sites (tertiary alicyclic amines) is 2. The smallest absolute Gasteiger partial charge is 0.0135 e. The molecular formula is C48H80N2. The molecule has 10 rings (SSSR count). The summed E-state index contributed by atoms with van der Waals surface area (Å²) in [6.45, 7) is 0. The van der Waals surface area contributed by atoms with Gasteiger partial charge in [-0.1, -0.05) is 96.3 Å². The lowest BCUT2D eigenvalue weighted by Gasteiger charge is -2.47. The van der Waals surface area contributed by atoms with Gasteiger partial charge in [-0.2, -0.15) is 0 Å². The molecule has 0 bridgehead atoms. The second-order valence-electron chi connectivity index (χ2n) is 21.5. The number of hydrogen-bond donors (Lipinski definition) is 0. The largest absolute Gasteiger partial charge is 0.294 e. The molecule has 10 fully saturated rings. The maximum absolute atomic E-state index is 3.35. The van der Waals surface area contributed by atoms with Gasteiger partial charge in [0.2, 0.25) is 0 Å². The van der Waals surface area contributed by atoms with E-state index in [1.165, 1.54) is 64.2 Å². The molecule has 0 aromatic carbocycles. The number of rotatable bonds is 5. The van der Waals surface area contributed by atoms with E-state index in [9.17, 15) is 0 Å². The summed E-state index contributed by atoms with van der Waals surface area (Å²) in [5, 5.41) is 0. The minimum Gasteiger partial charge on any atom is -0.294 e. The summed E-state index contributed by atoms with van der Waals surface area (Å²) in [6, 6.07) is 5.80. The molecule has 2 nitrogen and oxygen atoms in total. The van der Waals surface area contributed by atoms with Gasteiger partial charge in [-0.05, 0) is 168 Å². The number of fused-ring (bicyclic) bond motifs is 6. The monoisotopic (exact) mass is 685 g/mol. The minimum absolute atomic E-state index is 0.951. The number of hydrogen-bond acceptors (Lipinski definition) is 2. The first-order valence-electron chi connectivity index (χ1n) is 24.3. The number of nitrogens with zero attached hydrogens (tertiary/aromatic N) is 2. The van der Waals surface area contributed by atoms with Gasteiger partial charge in [0.1, 0.15) is 0 Å². The lowest BCUT2D eigenvalue weighted by atomic mass is 9.61. The second-order valence-corrected chi connectivity index (χ2v) is 21.5. The molecule has 8 saturated carbocycles. The standard InChI is InChI=1S/C48H80N2/c1-4-12-33(13-5-1)35-20-25-40(26-21-35)49-45-19-11-10-18-41(45)43-30-36(23-28-46(43)49)37-24-29-47-44(31-37)42-27-22-38(34-14-6-2-7-15-34)32-48(42)50(47)39-16-8-3-9-17-39/h33-48H,1-32H2. The van der Waals surface area contributed by atoms with E-state index in [4.69, 9.17) is 0 Å². The van der Waals surface area contributed by atoms with E-state index in [-0.39, 0.29) is 0 Å². The quantitative estimate of drug-likeness (QED) is 0.284. The molecule has 10 aliphatic rings. The lowest BCUT2D eigenvalue weighted by Crippen LogP contribution is -2.49. The highest BCUT2D eigenvalue weighted by molar-refractivity contribution is 5.10. The van der Waals surface area contributed by atoms with Crippen molar-refractivity contribution in [3.05, 3.63) is 0 Å². The molecule has 2 saturated heterocycles. The Morgan fingerprint density at radius 3 is 1.26 bits per heavy atom. The minimum atomic E-state index is 0.951. The molecule has 0 amide bonds. The van der Waals surface area contributed by atoms with Gasteiger partial charge in [0, 0.05) is 36.3 Å². The fourth-order valence-corrected chi connectivity index (χ4v) is 17.5. The predicted octanol–water partition coefficient (Wildman–Crippen LogP) is 12.6. The highest BCUT2D eigenvalue weighted by atomic mass is 15.3. The van der Waals surface area contributed by atoms with Crippen molar-refractivity contribution in [1.82, 2.24) is 9.80 Å². The maximum Gasteiger partial charge on any atom is 0.0135 e. The normalized spacial score (nSPS) is 48.8. The van der Waals surface area contributed by atoms with Gasteiger partial charge in [-0.15, -0.1) is 0 Å². The molecule has 0 N–H and O–H groups in total. The molecule has 2 aliphatic heterocycles. The van der Waals surface area contributed by atoms with Crippen molar-refractivity contribution in [2.75, 3.05) is 0 Å². The summed E-state index contributed by atoms with van der Waals surface area (Å²) in [5.74, 6) is 10.7. The van der Waals surface area contributed by atoms with Crippen LogP contribution >= 0.6 is 0 Å². The molecule has 11 atom stereocenters. The molecule has 2 heterocycles. The van der Waals surface area contributed by atoms with Gasteiger partial charge in [0.15, 0.2) is 0 Å². The van der Waals surface area contributed by atoms with Gasteiger partial charge >= 0.3 is 0 Å². The SMILES string of the molecule is C1CCC(C2CCC(N3C4CCCCC4C4CC(C5CCC6C(C5)C5CCC(C7CCCCC7)CC5N6C5CCCCC5)CCC43)CC2)CC1. The lowest BCUT2D eigenvalue weighted by molar-refractivity contribution is 0.0225. The van der Waals surface area contributed by atoms with E-state index in [0.717, 1.165) is 95.4 Å². The van der Waals surface area contributed by atoms with Crippen molar-refractivity contribution in [2.45, 2.75) is 242 Å². The van der Waals surface area contributed by atoms with Crippen molar-refractivity contribution in [3.8, 4) is 0 Å². The zero-order chi connectivity index (χ0) is 33.0. The van der Waals surface area contributed by atoms with Crippen molar-refractivity contribution < 1.29 is 0 Å². The van der Waals surface area contributed by atoms with Crippen molar-refractivity contribution >= 4 is 0 Å². The van der Waals surface area contributed by atoms with Crippen LogP contribution in [-0.2, 0) is 0 Å². The first-order valence-corrected chi connectivity index (χ1v) is 24.3. The van der Waals surface area contributed by atoms with Crippen LogP contribution < -0.4 is 0 Å². The van der Waals surface area contributed by atoms with Gasteiger partial charge in [0.25, 0.3) is 0 Å². The molecule has 8 aliphatic carbocycles. The Labute approximate surface area is 309 Å². The summed E-state index contributed by atoms with van der Waals surface area (Å²) in [7, 11) is 0. The zero-order valence-electron chi connectivity index (χ0n) is 32.8. The van der Waals surface area contributed by atoms with Crippen molar-refractivity contribution in [2.24, 2.45) is 59.2 Å². The Hall–Kier alpha value is -0.0800. The van der Waals surface area contributed by atoms with E-state index in [0.29, 0.717) is 0 Å². The average Bonchev–Trinajstić information content (AvgIpc) is 3.70. The van der Waals surface area contributed by atoms with Gasteiger partial charge in [0.05, 0.1) is 0 Å². The third-order valence-corrected chi connectivity index (χ3v) is 19.6. The van der Waals surface area contributed by atoms with Crippen LogP contribution in [0.25, 0.3) is 0 Å². The molecule has 50 heavy (non-hydrogen) atoms. The maximum atomic E-state index is 3.35.